The molecule has 0 atom stereocenters. The molecule has 0 saturated heterocycles. The van der Waals surface area contributed by atoms with Crippen molar-refractivity contribution in [3.8, 4) is 0 Å². The summed E-state index contributed by atoms with van der Waals surface area (Å²) >= 11 is 1.23. The van der Waals surface area contributed by atoms with Crippen molar-refractivity contribution in [2.75, 3.05) is 12.4 Å². The first-order chi connectivity index (χ1) is 12.0. The first-order valence-electron chi connectivity index (χ1n) is 7.62. The lowest BCUT2D eigenvalue weighted by atomic mass is 10.1. The first-order valence-corrected chi connectivity index (χ1v) is 8.44. The Hall–Kier alpha value is -2.57. The van der Waals surface area contributed by atoms with Crippen LogP contribution in [0.2, 0.25) is 0 Å². The molecule has 0 saturated carbocycles. The number of anilines is 1. The van der Waals surface area contributed by atoms with Crippen molar-refractivity contribution in [1.29, 1.82) is 0 Å². The minimum absolute atomic E-state index is 0.0414. The number of benzene rings is 2. The molecule has 4 nitrogen and oxygen atoms in total. The van der Waals surface area contributed by atoms with E-state index in [1.165, 1.54) is 31.4 Å². The summed E-state index contributed by atoms with van der Waals surface area (Å²) in [4.78, 5) is 24.4. The minimum atomic E-state index is -0.370. The van der Waals surface area contributed by atoms with Gasteiger partial charge >= 0.3 is 0 Å². The van der Waals surface area contributed by atoms with Crippen molar-refractivity contribution >= 4 is 38.8 Å². The fraction of sp³-hybridized carbons (Fsp3) is 0.158. The van der Waals surface area contributed by atoms with Gasteiger partial charge in [-0.25, -0.2) is 4.39 Å². The second-order valence-corrected chi connectivity index (χ2v) is 6.60. The Morgan fingerprint density at radius 2 is 1.88 bits per heavy atom. The van der Waals surface area contributed by atoms with Gasteiger partial charge in [0.2, 0.25) is 0 Å². The third kappa shape index (κ3) is 3.45. The van der Waals surface area contributed by atoms with Gasteiger partial charge in [0.05, 0.1) is 11.5 Å². The fourth-order valence-electron chi connectivity index (χ4n) is 2.61. The first kappa shape index (κ1) is 17.3. The molecule has 25 heavy (non-hydrogen) atoms. The normalized spacial score (nSPS) is 10.8. The van der Waals surface area contributed by atoms with Crippen molar-refractivity contribution in [3.05, 3.63) is 64.3 Å². The molecular formula is C19H16FNO3S. The van der Waals surface area contributed by atoms with Crippen LogP contribution in [0.4, 0.5) is 10.1 Å². The van der Waals surface area contributed by atoms with E-state index in [1.807, 2.05) is 0 Å². The van der Waals surface area contributed by atoms with Gasteiger partial charge in [-0.15, -0.1) is 11.3 Å². The summed E-state index contributed by atoms with van der Waals surface area (Å²) < 4.78 is 20.0. The van der Waals surface area contributed by atoms with Crippen molar-refractivity contribution in [1.82, 2.24) is 0 Å². The van der Waals surface area contributed by atoms with E-state index in [0.717, 1.165) is 0 Å². The summed E-state index contributed by atoms with van der Waals surface area (Å²) in [5.41, 5.74) is 1.68. The molecule has 0 fully saturated rings. The Morgan fingerprint density at radius 1 is 1.16 bits per heavy atom. The average molecular weight is 357 g/mol. The third-order valence-corrected chi connectivity index (χ3v) is 5.00. The fourth-order valence-corrected chi connectivity index (χ4v) is 3.73. The number of amides is 1. The van der Waals surface area contributed by atoms with Crippen molar-refractivity contribution in [3.63, 3.8) is 0 Å². The molecule has 1 aromatic heterocycles. The van der Waals surface area contributed by atoms with E-state index >= 15 is 0 Å². The monoisotopic (exact) mass is 357 g/mol. The number of ketones is 1. The maximum atomic E-state index is 14.2. The molecule has 3 rings (SSSR count). The molecule has 128 valence electrons. The largest absolute Gasteiger partial charge is 0.380 e. The van der Waals surface area contributed by atoms with Gasteiger partial charge in [-0.2, -0.15) is 0 Å². The highest BCUT2D eigenvalue weighted by atomic mass is 32.1. The molecule has 1 amide bonds. The molecule has 0 unspecified atom stereocenters. The van der Waals surface area contributed by atoms with Crippen LogP contribution in [0.15, 0.2) is 42.5 Å². The van der Waals surface area contributed by atoms with Crippen LogP contribution in [0, 0.1) is 5.82 Å². The Labute approximate surface area is 148 Å². The quantitative estimate of drug-likeness (QED) is 0.677. The number of Topliss-reactive ketones (excluding diaryl/α,β-unsaturated/α-hetero) is 1. The van der Waals surface area contributed by atoms with E-state index < -0.39 is 0 Å². The Bertz CT molecular complexity index is 947. The molecule has 0 aliphatic carbocycles. The second-order valence-electron chi connectivity index (χ2n) is 5.54. The molecule has 0 spiro atoms. The molecule has 0 bridgehead atoms. The van der Waals surface area contributed by atoms with Crippen LogP contribution in [-0.2, 0) is 11.3 Å². The predicted octanol–water partition coefficient (Wildman–Crippen LogP) is 4.64. The van der Waals surface area contributed by atoms with Gasteiger partial charge in [0.25, 0.3) is 5.91 Å². The third-order valence-electron chi connectivity index (χ3n) is 3.81. The summed E-state index contributed by atoms with van der Waals surface area (Å²) in [6.07, 6.45) is 0. The highest BCUT2D eigenvalue weighted by Gasteiger charge is 2.20. The van der Waals surface area contributed by atoms with E-state index in [2.05, 4.69) is 5.32 Å². The molecule has 2 aromatic carbocycles. The van der Waals surface area contributed by atoms with E-state index in [1.54, 1.807) is 36.4 Å². The molecule has 0 radical (unpaired) electrons. The number of hydrogen-bond acceptors (Lipinski definition) is 4. The number of methoxy groups -OCH3 is 1. The standard InChI is InChI=1S/C19H16FNO3S/c1-11(22)12-6-8-13(9-7-12)21-19(23)18-14(10-24-2)17-15(20)4-3-5-16(17)25-18/h3-9H,10H2,1-2H3,(H,21,23). The summed E-state index contributed by atoms with van der Waals surface area (Å²) in [5.74, 6) is -0.742. The van der Waals surface area contributed by atoms with Gasteiger partial charge in [0, 0.05) is 34.0 Å². The number of hydrogen-bond donors (Lipinski definition) is 1. The number of carbonyl (C=O) groups excluding carboxylic acids is 2. The SMILES string of the molecule is COCc1c(C(=O)Nc2ccc(C(C)=O)cc2)sc2cccc(F)c12. The Balaban J connectivity index is 1.95. The lowest BCUT2D eigenvalue weighted by molar-refractivity contribution is 0.101. The summed E-state index contributed by atoms with van der Waals surface area (Å²) in [5, 5.41) is 3.21. The molecule has 6 heteroatoms. The average Bonchev–Trinajstić information content (AvgIpc) is 2.96. The van der Waals surface area contributed by atoms with Crippen LogP contribution in [0.3, 0.4) is 0 Å². The number of halogens is 1. The molecule has 0 aliphatic heterocycles. The molecular weight excluding hydrogens is 341 g/mol. The topological polar surface area (TPSA) is 55.4 Å². The number of nitrogens with one attached hydrogen (secondary N) is 1. The summed E-state index contributed by atoms with van der Waals surface area (Å²) in [7, 11) is 1.51. The van der Waals surface area contributed by atoms with Gasteiger partial charge in [-0.3, -0.25) is 9.59 Å². The maximum Gasteiger partial charge on any atom is 0.266 e. The number of fused-ring (bicyclic) bond motifs is 1. The van der Waals surface area contributed by atoms with Gasteiger partial charge in [-0.1, -0.05) is 6.07 Å². The van der Waals surface area contributed by atoms with Crippen LogP contribution in [-0.4, -0.2) is 18.8 Å². The molecule has 3 aromatic rings. The number of carbonyl (C=O) groups is 2. The van der Waals surface area contributed by atoms with Crippen LogP contribution in [0.5, 0.6) is 0 Å². The molecule has 1 heterocycles. The van der Waals surface area contributed by atoms with Gasteiger partial charge in [0.1, 0.15) is 5.82 Å². The lowest BCUT2D eigenvalue weighted by Crippen LogP contribution is -2.12. The van der Waals surface area contributed by atoms with Crippen LogP contribution >= 0.6 is 11.3 Å². The number of rotatable bonds is 5. The lowest BCUT2D eigenvalue weighted by Gasteiger charge is -2.07. The Kier molecular flexibility index (Phi) is 4.92. The molecule has 1 N–H and O–H groups in total. The van der Waals surface area contributed by atoms with E-state index in [-0.39, 0.29) is 24.1 Å². The van der Waals surface area contributed by atoms with Crippen molar-refractivity contribution in [2.45, 2.75) is 13.5 Å². The highest BCUT2D eigenvalue weighted by Crippen LogP contribution is 2.34. The zero-order valence-electron chi connectivity index (χ0n) is 13.8. The van der Waals surface area contributed by atoms with Crippen LogP contribution in [0.25, 0.3) is 10.1 Å². The Morgan fingerprint density at radius 3 is 2.52 bits per heavy atom. The number of thiophene rings is 1. The van der Waals surface area contributed by atoms with Gasteiger partial charge in [-0.05, 0) is 43.3 Å². The second kappa shape index (κ2) is 7.13. The summed E-state index contributed by atoms with van der Waals surface area (Å²) in [6.45, 7) is 1.63. The zero-order valence-corrected chi connectivity index (χ0v) is 14.6. The van der Waals surface area contributed by atoms with E-state index in [9.17, 15) is 14.0 Å². The van der Waals surface area contributed by atoms with Gasteiger partial charge in [0.15, 0.2) is 5.78 Å². The van der Waals surface area contributed by atoms with Crippen LogP contribution < -0.4 is 5.32 Å². The smallest absolute Gasteiger partial charge is 0.266 e. The van der Waals surface area contributed by atoms with E-state index in [0.29, 0.717) is 31.8 Å². The van der Waals surface area contributed by atoms with Gasteiger partial charge < -0.3 is 10.1 Å². The predicted molar refractivity (Wildman–Crippen MR) is 96.9 cm³/mol. The maximum absolute atomic E-state index is 14.2. The highest BCUT2D eigenvalue weighted by molar-refractivity contribution is 7.21. The summed E-state index contributed by atoms with van der Waals surface area (Å²) in [6, 6.07) is 11.4. The van der Waals surface area contributed by atoms with Crippen LogP contribution in [0.1, 0.15) is 32.5 Å². The molecule has 0 aliphatic rings. The zero-order chi connectivity index (χ0) is 18.0. The van der Waals surface area contributed by atoms with Crippen molar-refractivity contribution in [2.24, 2.45) is 0 Å². The minimum Gasteiger partial charge on any atom is -0.380 e. The van der Waals surface area contributed by atoms with Crippen molar-refractivity contribution < 1.29 is 18.7 Å². The van der Waals surface area contributed by atoms with E-state index in [4.69, 9.17) is 4.74 Å². The number of ether oxygens (including phenoxy) is 1.